The lowest BCUT2D eigenvalue weighted by atomic mass is 10.1. The Morgan fingerprint density at radius 3 is 2.64 bits per heavy atom. The molecule has 2 aromatic carbocycles. The number of aromatic nitrogens is 3. The van der Waals surface area contributed by atoms with Crippen LogP contribution >= 0.6 is 12.2 Å². The molecule has 0 amide bonds. The minimum atomic E-state index is 0.431. The van der Waals surface area contributed by atoms with Gasteiger partial charge >= 0.3 is 0 Å². The summed E-state index contributed by atoms with van der Waals surface area (Å²) < 4.78 is 4.70. The molecule has 0 radical (unpaired) electrons. The summed E-state index contributed by atoms with van der Waals surface area (Å²) in [6.07, 6.45) is 2.30. The van der Waals surface area contributed by atoms with Crippen LogP contribution in [0, 0.1) is 11.7 Å². The van der Waals surface area contributed by atoms with Gasteiger partial charge in [-0.15, -0.1) is 0 Å². The van der Waals surface area contributed by atoms with Crippen LogP contribution in [0.3, 0.4) is 0 Å². The third-order valence-corrected chi connectivity index (χ3v) is 5.40. The van der Waals surface area contributed by atoms with E-state index in [1.807, 2.05) is 34.4 Å². The average Bonchev–Trinajstić information content (AvgIpc) is 3.17. The standard InChI is InChI=1S/C20H22N4S/c1-15-21-23(20(25)24(15)17-9-4-3-5-10-17)14-22(2)19-13-12-16-8-6-7-11-18(16)19/h3-11,19H,12-14H2,1-2H3. The van der Waals surface area contributed by atoms with E-state index in [1.54, 1.807) is 0 Å². The maximum absolute atomic E-state index is 5.70. The number of aryl methyl sites for hydroxylation is 2. The van der Waals surface area contributed by atoms with E-state index in [0.29, 0.717) is 12.7 Å². The normalized spacial score (nSPS) is 16.4. The molecule has 1 aliphatic carbocycles. The van der Waals surface area contributed by atoms with Crippen molar-refractivity contribution in [3.8, 4) is 5.69 Å². The van der Waals surface area contributed by atoms with Gasteiger partial charge in [-0.2, -0.15) is 5.10 Å². The van der Waals surface area contributed by atoms with Crippen LogP contribution in [0.4, 0.5) is 0 Å². The summed E-state index contributed by atoms with van der Waals surface area (Å²) in [5, 5.41) is 4.69. The molecule has 25 heavy (non-hydrogen) atoms. The fourth-order valence-corrected chi connectivity index (χ4v) is 4.12. The molecular formula is C20H22N4S. The van der Waals surface area contributed by atoms with Crippen molar-refractivity contribution >= 4 is 12.2 Å². The fraction of sp³-hybridized carbons (Fsp3) is 0.300. The lowest BCUT2D eigenvalue weighted by Gasteiger charge is -2.24. The molecule has 0 saturated heterocycles. The molecule has 1 heterocycles. The molecule has 0 N–H and O–H groups in total. The zero-order chi connectivity index (χ0) is 17.4. The highest BCUT2D eigenvalue weighted by Gasteiger charge is 2.26. The molecule has 4 rings (SSSR count). The highest BCUT2D eigenvalue weighted by molar-refractivity contribution is 7.71. The second-order valence-corrected chi connectivity index (χ2v) is 7.02. The van der Waals surface area contributed by atoms with Gasteiger partial charge in [0.25, 0.3) is 0 Å². The topological polar surface area (TPSA) is 26.0 Å². The van der Waals surface area contributed by atoms with Crippen LogP contribution in [0.25, 0.3) is 5.69 Å². The molecule has 1 atom stereocenters. The van der Waals surface area contributed by atoms with E-state index in [0.717, 1.165) is 29.1 Å². The van der Waals surface area contributed by atoms with Crippen LogP contribution < -0.4 is 0 Å². The zero-order valence-electron chi connectivity index (χ0n) is 14.6. The SMILES string of the molecule is Cc1nn(CN(C)C2CCc3ccccc32)c(=S)n1-c1ccccc1. The Bertz CT molecular complexity index is 942. The maximum Gasteiger partial charge on any atom is 0.203 e. The monoisotopic (exact) mass is 350 g/mol. The van der Waals surface area contributed by atoms with Crippen LogP contribution in [0.2, 0.25) is 0 Å². The number of benzene rings is 2. The summed E-state index contributed by atoms with van der Waals surface area (Å²) in [4.78, 5) is 2.35. The summed E-state index contributed by atoms with van der Waals surface area (Å²) >= 11 is 5.70. The summed E-state index contributed by atoms with van der Waals surface area (Å²) in [6, 6.07) is 19.4. The minimum absolute atomic E-state index is 0.431. The van der Waals surface area contributed by atoms with Crippen LogP contribution in [-0.4, -0.2) is 26.3 Å². The second kappa shape index (κ2) is 6.58. The quantitative estimate of drug-likeness (QED) is 0.657. The van der Waals surface area contributed by atoms with E-state index >= 15 is 0 Å². The number of hydrogen-bond donors (Lipinski definition) is 0. The average molecular weight is 350 g/mol. The zero-order valence-corrected chi connectivity index (χ0v) is 15.4. The summed E-state index contributed by atoms with van der Waals surface area (Å²) in [6.45, 7) is 2.70. The molecule has 3 aromatic rings. The maximum atomic E-state index is 5.70. The van der Waals surface area contributed by atoms with Crippen molar-refractivity contribution in [3.63, 3.8) is 0 Å². The molecule has 0 spiro atoms. The number of fused-ring (bicyclic) bond motifs is 1. The van der Waals surface area contributed by atoms with Crippen LogP contribution in [0.5, 0.6) is 0 Å². The Kier molecular flexibility index (Phi) is 4.27. The van der Waals surface area contributed by atoms with Gasteiger partial charge in [0.15, 0.2) is 0 Å². The first-order valence-electron chi connectivity index (χ1n) is 8.65. The molecule has 1 unspecified atom stereocenters. The van der Waals surface area contributed by atoms with Gasteiger partial charge in [-0.1, -0.05) is 42.5 Å². The number of para-hydroxylation sites is 1. The number of rotatable bonds is 4. The van der Waals surface area contributed by atoms with Crippen LogP contribution in [-0.2, 0) is 13.1 Å². The van der Waals surface area contributed by atoms with Gasteiger partial charge in [0.2, 0.25) is 4.77 Å². The van der Waals surface area contributed by atoms with E-state index in [4.69, 9.17) is 12.2 Å². The van der Waals surface area contributed by atoms with Crippen molar-refractivity contribution in [2.75, 3.05) is 7.05 Å². The van der Waals surface area contributed by atoms with Crippen molar-refractivity contribution in [2.45, 2.75) is 32.5 Å². The van der Waals surface area contributed by atoms with Crippen molar-refractivity contribution in [1.82, 2.24) is 19.2 Å². The van der Waals surface area contributed by atoms with Gasteiger partial charge < -0.3 is 0 Å². The first-order valence-corrected chi connectivity index (χ1v) is 9.06. The van der Waals surface area contributed by atoms with Crippen molar-refractivity contribution < 1.29 is 0 Å². The third-order valence-electron chi connectivity index (χ3n) is 5.01. The highest BCUT2D eigenvalue weighted by atomic mass is 32.1. The number of nitrogens with zero attached hydrogens (tertiary/aromatic N) is 4. The molecule has 0 aliphatic heterocycles. The van der Waals surface area contributed by atoms with E-state index in [1.165, 1.54) is 11.1 Å². The Hall–Kier alpha value is -2.24. The Labute approximate surface area is 153 Å². The molecule has 1 aromatic heterocycles. The lowest BCUT2D eigenvalue weighted by Crippen LogP contribution is -2.26. The largest absolute Gasteiger partial charge is 0.280 e. The van der Waals surface area contributed by atoms with Gasteiger partial charge in [-0.25, -0.2) is 4.68 Å². The first-order chi connectivity index (χ1) is 12.1. The lowest BCUT2D eigenvalue weighted by molar-refractivity contribution is 0.181. The summed E-state index contributed by atoms with van der Waals surface area (Å²) in [7, 11) is 2.16. The van der Waals surface area contributed by atoms with Crippen LogP contribution in [0.1, 0.15) is 29.4 Å². The van der Waals surface area contributed by atoms with Crippen molar-refractivity contribution in [1.29, 1.82) is 0 Å². The smallest absolute Gasteiger partial charge is 0.203 e. The Morgan fingerprint density at radius 1 is 1.12 bits per heavy atom. The summed E-state index contributed by atoms with van der Waals surface area (Å²) in [5.74, 6) is 0.913. The summed E-state index contributed by atoms with van der Waals surface area (Å²) in [5.41, 5.74) is 3.97. The molecular weight excluding hydrogens is 328 g/mol. The Morgan fingerprint density at radius 2 is 1.84 bits per heavy atom. The van der Waals surface area contributed by atoms with Gasteiger partial charge in [0.05, 0.1) is 6.67 Å². The van der Waals surface area contributed by atoms with E-state index in [9.17, 15) is 0 Å². The van der Waals surface area contributed by atoms with E-state index in [2.05, 4.69) is 53.4 Å². The molecule has 128 valence electrons. The predicted octanol–water partition coefficient (Wildman–Crippen LogP) is 4.29. The van der Waals surface area contributed by atoms with Crippen LogP contribution in [0.15, 0.2) is 54.6 Å². The van der Waals surface area contributed by atoms with Crippen molar-refractivity contribution in [3.05, 3.63) is 76.3 Å². The first kappa shape index (κ1) is 16.2. The Balaban J connectivity index is 1.61. The molecule has 0 saturated carbocycles. The van der Waals surface area contributed by atoms with Gasteiger partial charge in [0, 0.05) is 11.7 Å². The molecule has 0 bridgehead atoms. The highest BCUT2D eigenvalue weighted by Crippen LogP contribution is 2.34. The fourth-order valence-electron chi connectivity index (χ4n) is 3.78. The van der Waals surface area contributed by atoms with Gasteiger partial charge in [0.1, 0.15) is 5.82 Å². The minimum Gasteiger partial charge on any atom is -0.280 e. The molecule has 5 heteroatoms. The molecule has 4 nitrogen and oxygen atoms in total. The van der Waals surface area contributed by atoms with E-state index in [-0.39, 0.29) is 0 Å². The molecule has 1 aliphatic rings. The second-order valence-electron chi connectivity index (χ2n) is 6.65. The van der Waals surface area contributed by atoms with Gasteiger partial charge in [-0.3, -0.25) is 9.47 Å². The van der Waals surface area contributed by atoms with Gasteiger partial charge in [-0.05, 0) is 62.3 Å². The van der Waals surface area contributed by atoms with Crippen molar-refractivity contribution in [2.24, 2.45) is 0 Å². The number of hydrogen-bond acceptors (Lipinski definition) is 3. The molecule has 0 fully saturated rings. The van der Waals surface area contributed by atoms with E-state index < -0.39 is 0 Å². The predicted molar refractivity (Wildman–Crippen MR) is 102 cm³/mol. The third kappa shape index (κ3) is 2.94.